The second-order valence-electron chi connectivity index (χ2n) is 5.15. The number of pyridine rings is 1. The van der Waals surface area contributed by atoms with Gasteiger partial charge in [0.25, 0.3) is 0 Å². The van der Waals surface area contributed by atoms with Crippen LogP contribution in [0.3, 0.4) is 0 Å². The largest absolute Gasteiger partial charge is 0.478 e. The summed E-state index contributed by atoms with van der Waals surface area (Å²) in [5.41, 5.74) is 0.986. The molecule has 2 N–H and O–H groups in total. The number of nitrogens with zero attached hydrogens (tertiary/aromatic N) is 1. The fraction of sp³-hybridized carbons (Fsp3) is 0.538. The fourth-order valence-electron chi connectivity index (χ4n) is 3.31. The van der Waals surface area contributed by atoms with Gasteiger partial charge in [0, 0.05) is 18.4 Å². The summed E-state index contributed by atoms with van der Waals surface area (Å²) in [6, 6.07) is 2.21. The second kappa shape index (κ2) is 4.02. The van der Waals surface area contributed by atoms with Crippen molar-refractivity contribution < 1.29 is 9.90 Å². The Morgan fingerprint density at radius 1 is 1.41 bits per heavy atom. The summed E-state index contributed by atoms with van der Waals surface area (Å²) in [5, 5.41) is 12.5. The molecule has 2 aliphatic rings. The van der Waals surface area contributed by atoms with E-state index in [4.69, 9.17) is 5.11 Å². The number of fused-ring (bicyclic) bond motifs is 2. The first kappa shape index (κ1) is 10.6. The minimum absolute atomic E-state index is 0.273. The van der Waals surface area contributed by atoms with Gasteiger partial charge >= 0.3 is 5.97 Å². The Bertz CT molecular complexity index is 447. The Hall–Kier alpha value is -1.58. The first-order valence-corrected chi connectivity index (χ1v) is 6.18. The van der Waals surface area contributed by atoms with Crippen LogP contribution in [0.5, 0.6) is 0 Å². The van der Waals surface area contributed by atoms with Crippen LogP contribution in [0.25, 0.3) is 0 Å². The molecular weight excluding hydrogens is 216 g/mol. The maximum absolute atomic E-state index is 11.1. The van der Waals surface area contributed by atoms with Crippen molar-refractivity contribution in [2.45, 2.75) is 31.7 Å². The van der Waals surface area contributed by atoms with Gasteiger partial charge in [-0.2, -0.15) is 0 Å². The average Bonchev–Trinajstić information content (AvgIpc) is 2.91. The maximum Gasteiger partial charge on any atom is 0.339 e. The molecule has 3 rings (SSSR count). The highest BCUT2D eigenvalue weighted by molar-refractivity contribution is 5.93. The summed E-state index contributed by atoms with van der Waals surface area (Å²) in [6.45, 7) is 0. The number of nitrogens with one attached hydrogen (secondary N) is 1. The monoisotopic (exact) mass is 232 g/mol. The molecule has 0 radical (unpaired) electrons. The Labute approximate surface area is 100 Å². The van der Waals surface area contributed by atoms with E-state index in [1.54, 1.807) is 12.3 Å². The van der Waals surface area contributed by atoms with Crippen molar-refractivity contribution in [3.05, 3.63) is 24.0 Å². The number of aromatic nitrogens is 1. The van der Waals surface area contributed by atoms with Crippen molar-refractivity contribution in [2.75, 3.05) is 5.32 Å². The van der Waals surface area contributed by atoms with Gasteiger partial charge in [0.05, 0.1) is 5.69 Å². The van der Waals surface area contributed by atoms with Gasteiger partial charge in [-0.15, -0.1) is 0 Å². The molecule has 90 valence electrons. The van der Waals surface area contributed by atoms with Crippen LogP contribution in [0.15, 0.2) is 18.5 Å². The molecule has 3 atom stereocenters. The third kappa shape index (κ3) is 1.88. The van der Waals surface area contributed by atoms with E-state index in [1.165, 1.54) is 31.9 Å². The summed E-state index contributed by atoms with van der Waals surface area (Å²) in [6.07, 6.45) is 8.19. The van der Waals surface area contributed by atoms with E-state index in [2.05, 4.69) is 10.3 Å². The number of aromatic carboxylic acids is 1. The molecule has 2 aliphatic carbocycles. The van der Waals surface area contributed by atoms with E-state index in [0.29, 0.717) is 11.7 Å². The van der Waals surface area contributed by atoms with E-state index in [9.17, 15) is 4.79 Å². The van der Waals surface area contributed by atoms with Crippen LogP contribution in [-0.4, -0.2) is 22.1 Å². The summed E-state index contributed by atoms with van der Waals surface area (Å²) in [4.78, 5) is 14.9. The van der Waals surface area contributed by atoms with E-state index >= 15 is 0 Å². The zero-order valence-electron chi connectivity index (χ0n) is 9.60. The summed E-state index contributed by atoms with van der Waals surface area (Å²) in [5.74, 6) is 0.672. The molecule has 17 heavy (non-hydrogen) atoms. The minimum atomic E-state index is -0.913. The molecule has 0 amide bonds. The third-order valence-corrected chi connectivity index (χ3v) is 4.13. The molecule has 3 unspecified atom stereocenters. The molecule has 0 aliphatic heterocycles. The molecule has 1 heterocycles. The minimum Gasteiger partial charge on any atom is -0.478 e. The lowest BCUT2D eigenvalue weighted by atomic mass is 9.95. The average molecular weight is 232 g/mol. The van der Waals surface area contributed by atoms with Gasteiger partial charge in [0.15, 0.2) is 0 Å². The number of hydrogen-bond acceptors (Lipinski definition) is 3. The quantitative estimate of drug-likeness (QED) is 0.840. The van der Waals surface area contributed by atoms with E-state index in [1.807, 2.05) is 0 Å². The first-order chi connectivity index (χ1) is 8.24. The van der Waals surface area contributed by atoms with Gasteiger partial charge in [0.2, 0.25) is 0 Å². The SMILES string of the molecule is O=C(O)c1cnccc1NC1CC2CCC1C2. The molecule has 4 heteroatoms. The van der Waals surface area contributed by atoms with Crippen LogP contribution in [0, 0.1) is 11.8 Å². The molecule has 1 aromatic heterocycles. The number of carboxylic acids is 1. The number of anilines is 1. The van der Waals surface area contributed by atoms with Crippen LogP contribution in [0.2, 0.25) is 0 Å². The van der Waals surface area contributed by atoms with Gasteiger partial charge in [0.1, 0.15) is 5.56 Å². The van der Waals surface area contributed by atoms with Crippen LogP contribution in [-0.2, 0) is 0 Å². The van der Waals surface area contributed by atoms with Gasteiger partial charge in [-0.05, 0) is 37.2 Å². The lowest BCUT2D eigenvalue weighted by Crippen LogP contribution is -2.26. The molecule has 4 nitrogen and oxygen atoms in total. The highest BCUT2D eigenvalue weighted by Gasteiger charge is 2.39. The standard InChI is InChI=1S/C13H16N2O2/c16-13(17)10-7-14-4-3-11(10)15-12-6-8-1-2-9(12)5-8/h3-4,7-9,12H,1-2,5-6H2,(H,14,15)(H,16,17). The maximum atomic E-state index is 11.1. The van der Waals surface area contributed by atoms with Gasteiger partial charge < -0.3 is 10.4 Å². The zero-order valence-corrected chi connectivity index (χ0v) is 9.60. The van der Waals surface area contributed by atoms with Gasteiger partial charge in [-0.1, -0.05) is 6.42 Å². The predicted octanol–water partition coefficient (Wildman–Crippen LogP) is 2.38. The van der Waals surface area contributed by atoms with Crippen LogP contribution in [0.1, 0.15) is 36.0 Å². The molecular formula is C13H16N2O2. The Kier molecular flexibility index (Phi) is 2.50. The van der Waals surface area contributed by atoms with Crippen LogP contribution >= 0.6 is 0 Å². The molecule has 2 bridgehead atoms. The van der Waals surface area contributed by atoms with Crippen molar-refractivity contribution in [2.24, 2.45) is 11.8 Å². The van der Waals surface area contributed by atoms with E-state index in [0.717, 1.165) is 11.8 Å². The molecule has 1 aromatic rings. The number of rotatable bonds is 3. The van der Waals surface area contributed by atoms with Crippen molar-refractivity contribution in [3.8, 4) is 0 Å². The zero-order chi connectivity index (χ0) is 11.8. The van der Waals surface area contributed by atoms with Crippen molar-refractivity contribution >= 4 is 11.7 Å². The normalized spacial score (nSPS) is 30.5. The molecule has 0 spiro atoms. The van der Waals surface area contributed by atoms with Crippen LogP contribution in [0.4, 0.5) is 5.69 Å². The lowest BCUT2D eigenvalue weighted by Gasteiger charge is -2.24. The Morgan fingerprint density at radius 3 is 2.94 bits per heavy atom. The smallest absolute Gasteiger partial charge is 0.339 e. The van der Waals surface area contributed by atoms with Crippen LogP contribution < -0.4 is 5.32 Å². The highest BCUT2D eigenvalue weighted by atomic mass is 16.4. The number of hydrogen-bond donors (Lipinski definition) is 2. The van der Waals surface area contributed by atoms with Gasteiger partial charge in [-0.25, -0.2) is 4.79 Å². The molecule has 0 aromatic carbocycles. The first-order valence-electron chi connectivity index (χ1n) is 6.18. The van der Waals surface area contributed by atoms with Crippen molar-refractivity contribution in [1.82, 2.24) is 4.98 Å². The fourth-order valence-corrected chi connectivity index (χ4v) is 3.31. The van der Waals surface area contributed by atoms with E-state index in [-0.39, 0.29) is 5.56 Å². The Morgan fingerprint density at radius 2 is 2.29 bits per heavy atom. The second-order valence-corrected chi connectivity index (χ2v) is 5.15. The van der Waals surface area contributed by atoms with Crippen molar-refractivity contribution in [3.63, 3.8) is 0 Å². The summed E-state index contributed by atoms with van der Waals surface area (Å²) >= 11 is 0. The lowest BCUT2D eigenvalue weighted by molar-refractivity contribution is 0.0697. The van der Waals surface area contributed by atoms with Gasteiger partial charge in [-0.3, -0.25) is 4.98 Å². The molecule has 2 fully saturated rings. The van der Waals surface area contributed by atoms with Crippen molar-refractivity contribution in [1.29, 1.82) is 0 Å². The highest BCUT2D eigenvalue weighted by Crippen LogP contribution is 2.45. The number of carboxylic acid groups (broad SMARTS) is 1. The topological polar surface area (TPSA) is 62.2 Å². The molecule has 0 saturated heterocycles. The molecule has 2 saturated carbocycles. The van der Waals surface area contributed by atoms with E-state index < -0.39 is 5.97 Å². The predicted molar refractivity (Wildman–Crippen MR) is 64.1 cm³/mol. The number of carbonyl (C=O) groups is 1. The summed E-state index contributed by atoms with van der Waals surface area (Å²) < 4.78 is 0. The summed E-state index contributed by atoms with van der Waals surface area (Å²) in [7, 11) is 0. The Balaban J connectivity index is 1.79. The third-order valence-electron chi connectivity index (χ3n) is 4.13.